The van der Waals surface area contributed by atoms with Crippen molar-refractivity contribution in [2.45, 2.75) is 13.1 Å². The summed E-state index contributed by atoms with van der Waals surface area (Å²) in [4.78, 5) is 0. The molecule has 0 radical (unpaired) electrons. The Morgan fingerprint density at radius 2 is 2.00 bits per heavy atom. The van der Waals surface area contributed by atoms with Gasteiger partial charge < -0.3 is 10.3 Å². The van der Waals surface area contributed by atoms with Crippen LogP contribution < -0.4 is 5.73 Å². The normalized spacial score (nSPS) is 10.7. The van der Waals surface area contributed by atoms with E-state index in [1.54, 1.807) is 12.1 Å². The molecule has 0 fully saturated rings. The zero-order valence-corrected chi connectivity index (χ0v) is 11.4. The summed E-state index contributed by atoms with van der Waals surface area (Å²) < 4.78 is 16.0. The molecule has 104 valence electrons. The van der Waals surface area contributed by atoms with Gasteiger partial charge in [0.05, 0.1) is 18.2 Å². The van der Waals surface area contributed by atoms with Crippen molar-refractivity contribution in [3.63, 3.8) is 0 Å². The van der Waals surface area contributed by atoms with Crippen LogP contribution >= 0.6 is 0 Å². The summed E-state index contributed by atoms with van der Waals surface area (Å²) in [5.74, 6) is -0.356. The second kappa shape index (κ2) is 5.39. The Morgan fingerprint density at radius 1 is 1.14 bits per heavy atom. The van der Waals surface area contributed by atoms with Gasteiger partial charge >= 0.3 is 0 Å². The molecular formula is C17H14FN3. The molecule has 4 heteroatoms. The van der Waals surface area contributed by atoms with E-state index in [1.807, 2.05) is 41.1 Å². The smallest absolute Gasteiger partial charge is 0.129 e. The summed E-state index contributed by atoms with van der Waals surface area (Å²) in [7, 11) is 0. The SMILES string of the molecule is N#Cc1ccc(Cn2ccc3ccc(CN)cc32)c(F)c1. The lowest BCUT2D eigenvalue weighted by atomic mass is 10.1. The predicted octanol–water partition coefficient (Wildman–Crippen LogP) is 3.16. The number of nitriles is 1. The van der Waals surface area contributed by atoms with E-state index in [2.05, 4.69) is 0 Å². The van der Waals surface area contributed by atoms with E-state index in [0.717, 1.165) is 16.5 Å². The minimum atomic E-state index is -0.356. The molecule has 3 aromatic rings. The van der Waals surface area contributed by atoms with Crippen molar-refractivity contribution >= 4 is 10.9 Å². The van der Waals surface area contributed by atoms with Gasteiger partial charge in [-0.05, 0) is 35.2 Å². The topological polar surface area (TPSA) is 54.7 Å². The fourth-order valence-electron chi connectivity index (χ4n) is 2.42. The van der Waals surface area contributed by atoms with Crippen LogP contribution in [0.4, 0.5) is 4.39 Å². The zero-order chi connectivity index (χ0) is 14.8. The van der Waals surface area contributed by atoms with Crippen molar-refractivity contribution in [2.24, 2.45) is 5.73 Å². The second-order valence-corrected chi connectivity index (χ2v) is 4.96. The van der Waals surface area contributed by atoms with Crippen LogP contribution in [-0.4, -0.2) is 4.57 Å². The van der Waals surface area contributed by atoms with Gasteiger partial charge in [0, 0.05) is 23.8 Å². The van der Waals surface area contributed by atoms with Gasteiger partial charge in [-0.3, -0.25) is 0 Å². The van der Waals surface area contributed by atoms with Crippen LogP contribution in [0.2, 0.25) is 0 Å². The molecule has 0 aliphatic heterocycles. The highest BCUT2D eigenvalue weighted by molar-refractivity contribution is 5.81. The Kier molecular flexibility index (Phi) is 3.43. The summed E-state index contributed by atoms with van der Waals surface area (Å²) in [6.45, 7) is 0.904. The average Bonchev–Trinajstić information content (AvgIpc) is 2.91. The molecule has 0 saturated heterocycles. The molecule has 0 spiro atoms. The minimum Gasteiger partial charge on any atom is -0.343 e. The molecule has 1 aromatic heterocycles. The fraction of sp³-hybridized carbons (Fsp3) is 0.118. The highest BCUT2D eigenvalue weighted by Gasteiger charge is 2.07. The van der Waals surface area contributed by atoms with E-state index in [0.29, 0.717) is 24.2 Å². The first kappa shape index (κ1) is 13.3. The van der Waals surface area contributed by atoms with Crippen LogP contribution in [0.1, 0.15) is 16.7 Å². The fourth-order valence-corrected chi connectivity index (χ4v) is 2.42. The molecule has 0 aliphatic rings. The van der Waals surface area contributed by atoms with E-state index in [-0.39, 0.29) is 5.82 Å². The molecule has 0 atom stereocenters. The number of hydrogen-bond donors (Lipinski definition) is 1. The van der Waals surface area contributed by atoms with E-state index in [4.69, 9.17) is 11.0 Å². The van der Waals surface area contributed by atoms with Crippen LogP contribution in [0.5, 0.6) is 0 Å². The molecule has 21 heavy (non-hydrogen) atoms. The van der Waals surface area contributed by atoms with Crippen LogP contribution in [0.25, 0.3) is 10.9 Å². The Morgan fingerprint density at radius 3 is 2.71 bits per heavy atom. The van der Waals surface area contributed by atoms with Crippen LogP contribution in [-0.2, 0) is 13.1 Å². The maximum atomic E-state index is 14.0. The summed E-state index contributed by atoms with van der Waals surface area (Å²) in [6, 6.07) is 14.5. The molecule has 0 aliphatic carbocycles. The van der Waals surface area contributed by atoms with E-state index in [1.165, 1.54) is 6.07 Å². The average molecular weight is 279 g/mol. The van der Waals surface area contributed by atoms with Gasteiger partial charge in [-0.15, -0.1) is 0 Å². The van der Waals surface area contributed by atoms with E-state index < -0.39 is 0 Å². The first-order chi connectivity index (χ1) is 10.2. The van der Waals surface area contributed by atoms with Crippen molar-refractivity contribution < 1.29 is 4.39 Å². The molecule has 2 N–H and O–H groups in total. The third-order valence-corrected chi connectivity index (χ3v) is 3.60. The minimum absolute atomic E-state index is 0.332. The van der Waals surface area contributed by atoms with Crippen molar-refractivity contribution in [2.75, 3.05) is 0 Å². The molecule has 0 amide bonds. The third kappa shape index (κ3) is 2.51. The number of hydrogen-bond acceptors (Lipinski definition) is 2. The van der Waals surface area contributed by atoms with Crippen LogP contribution in [0.3, 0.4) is 0 Å². The standard InChI is InChI=1S/C17H14FN3/c18-16-7-12(9-19)2-4-15(16)11-21-6-5-14-3-1-13(10-20)8-17(14)21/h1-8H,10-11,20H2. The maximum Gasteiger partial charge on any atom is 0.129 e. The highest BCUT2D eigenvalue weighted by atomic mass is 19.1. The summed E-state index contributed by atoms with van der Waals surface area (Å²) in [6.07, 6.45) is 1.93. The quantitative estimate of drug-likeness (QED) is 0.800. The Hall–Kier alpha value is -2.64. The van der Waals surface area contributed by atoms with Gasteiger partial charge in [0.1, 0.15) is 5.82 Å². The van der Waals surface area contributed by atoms with Gasteiger partial charge in [-0.25, -0.2) is 4.39 Å². The number of nitrogens with two attached hydrogens (primary N) is 1. The van der Waals surface area contributed by atoms with Gasteiger partial charge in [0.25, 0.3) is 0 Å². The lowest BCUT2D eigenvalue weighted by Gasteiger charge is -2.08. The monoisotopic (exact) mass is 279 g/mol. The van der Waals surface area contributed by atoms with E-state index in [9.17, 15) is 4.39 Å². The summed E-state index contributed by atoms with van der Waals surface area (Å²) in [5, 5.41) is 9.87. The summed E-state index contributed by atoms with van der Waals surface area (Å²) >= 11 is 0. The molecule has 0 bridgehead atoms. The number of halogens is 1. The first-order valence-electron chi connectivity index (χ1n) is 6.67. The van der Waals surface area contributed by atoms with Crippen molar-refractivity contribution in [3.05, 3.63) is 71.2 Å². The largest absolute Gasteiger partial charge is 0.343 e. The lowest BCUT2D eigenvalue weighted by molar-refractivity contribution is 0.601. The molecule has 0 unspecified atom stereocenters. The van der Waals surface area contributed by atoms with Gasteiger partial charge in [0.15, 0.2) is 0 Å². The molecule has 1 heterocycles. The second-order valence-electron chi connectivity index (χ2n) is 4.96. The predicted molar refractivity (Wildman–Crippen MR) is 80.0 cm³/mol. The third-order valence-electron chi connectivity index (χ3n) is 3.60. The Labute approximate surface area is 122 Å². The molecule has 0 saturated carbocycles. The van der Waals surface area contributed by atoms with Gasteiger partial charge in [-0.2, -0.15) is 5.26 Å². The number of rotatable bonds is 3. The number of benzene rings is 2. The number of nitrogens with zero attached hydrogens (tertiary/aromatic N) is 2. The highest BCUT2D eigenvalue weighted by Crippen LogP contribution is 2.20. The van der Waals surface area contributed by atoms with Crippen molar-refractivity contribution in [1.29, 1.82) is 5.26 Å². The van der Waals surface area contributed by atoms with Crippen LogP contribution in [0, 0.1) is 17.1 Å². The van der Waals surface area contributed by atoms with Gasteiger partial charge in [0.2, 0.25) is 0 Å². The summed E-state index contributed by atoms with van der Waals surface area (Å²) in [5.41, 5.74) is 8.63. The Bertz CT molecular complexity index is 843. The maximum absolute atomic E-state index is 14.0. The van der Waals surface area contributed by atoms with Crippen LogP contribution in [0.15, 0.2) is 48.7 Å². The number of aromatic nitrogens is 1. The van der Waals surface area contributed by atoms with Crippen molar-refractivity contribution in [1.82, 2.24) is 4.57 Å². The number of fused-ring (bicyclic) bond motifs is 1. The first-order valence-corrected chi connectivity index (χ1v) is 6.67. The molecular weight excluding hydrogens is 265 g/mol. The zero-order valence-electron chi connectivity index (χ0n) is 11.4. The Balaban J connectivity index is 2.00. The van der Waals surface area contributed by atoms with E-state index >= 15 is 0 Å². The molecule has 3 nitrogen and oxygen atoms in total. The van der Waals surface area contributed by atoms with Crippen molar-refractivity contribution in [3.8, 4) is 6.07 Å². The molecule has 3 rings (SSSR count). The molecule has 2 aromatic carbocycles. The van der Waals surface area contributed by atoms with Gasteiger partial charge in [-0.1, -0.05) is 18.2 Å². The lowest BCUT2D eigenvalue weighted by Crippen LogP contribution is -2.02.